The van der Waals surface area contributed by atoms with Crippen LogP contribution in [0, 0.1) is 0 Å². The molecule has 240 valence electrons. The largest absolute Gasteiger partial charge is 0.351 e. The average molecular weight is 631 g/mol. The van der Waals surface area contributed by atoms with Crippen LogP contribution in [0.15, 0.2) is 49.1 Å². The van der Waals surface area contributed by atoms with E-state index in [1.54, 1.807) is 59.8 Å². The van der Waals surface area contributed by atoms with Gasteiger partial charge in [-0.3, -0.25) is 28.5 Å². The summed E-state index contributed by atoms with van der Waals surface area (Å²) in [6.45, 7) is 3.75. The molecule has 5 rings (SSSR count). The van der Waals surface area contributed by atoms with E-state index in [1.165, 1.54) is 29.0 Å². The molecule has 4 aromatic rings. The minimum Gasteiger partial charge on any atom is -0.351 e. The Balaban J connectivity index is 1.22. The molecule has 46 heavy (non-hydrogen) atoms. The SMILES string of the molecule is CCCNC(=O)c1cc(NC(=O)c2cc(NC(=O)c3cc(NC(=O)c4cc(NC(=O)N5CC5)cn4C)cn3C)cn2C)cn1C=O. The predicted molar refractivity (Wildman–Crippen MR) is 170 cm³/mol. The quantitative estimate of drug-likeness (QED) is 0.125. The van der Waals surface area contributed by atoms with Crippen LogP contribution >= 0.6 is 0 Å². The lowest BCUT2D eigenvalue weighted by atomic mass is 10.3. The second-order valence-corrected chi connectivity index (χ2v) is 10.8. The number of hydrogen-bond acceptors (Lipinski definition) is 6. The number of nitrogens with one attached hydrogen (secondary N) is 5. The highest BCUT2D eigenvalue weighted by atomic mass is 16.2. The Kier molecular flexibility index (Phi) is 8.79. The summed E-state index contributed by atoms with van der Waals surface area (Å²) in [4.78, 5) is 76.6. The molecule has 5 N–H and O–H groups in total. The molecule has 0 aromatic carbocycles. The van der Waals surface area contributed by atoms with Gasteiger partial charge in [0, 0.05) is 65.6 Å². The summed E-state index contributed by atoms with van der Waals surface area (Å²) in [5, 5.41) is 13.6. The number of nitrogens with zero attached hydrogens (tertiary/aromatic N) is 5. The van der Waals surface area contributed by atoms with Gasteiger partial charge >= 0.3 is 6.03 Å². The first-order chi connectivity index (χ1) is 22.0. The molecule has 4 aromatic heterocycles. The molecule has 0 aliphatic carbocycles. The summed E-state index contributed by atoms with van der Waals surface area (Å²) < 4.78 is 5.74. The topological polar surface area (TPSA) is 185 Å². The second kappa shape index (κ2) is 12.9. The maximum absolute atomic E-state index is 13.1. The molecule has 1 aliphatic rings. The lowest BCUT2D eigenvalue weighted by Crippen LogP contribution is -2.26. The number of anilines is 4. The summed E-state index contributed by atoms with van der Waals surface area (Å²) in [5.74, 6) is -1.87. The second-order valence-electron chi connectivity index (χ2n) is 10.8. The number of hydrogen-bond donors (Lipinski definition) is 5. The number of urea groups is 1. The van der Waals surface area contributed by atoms with Gasteiger partial charge in [0.15, 0.2) is 0 Å². The van der Waals surface area contributed by atoms with Crippen LogP contribution in [-0.2, 0) is 25.9 Å². The van der Waals surface area contributed by atoms with Gasteiger partial charge in [-0.25, -0.2) is 4.79 Å². The smallest absolute Gasteiger partial charge is 0.322 e. The first-order valence-electron chi connectivity index (χ1n) is 14.4. The minimum atomic E-state index is -0.524. The van der Waals surface area contributed by atoms with Crippen molar-refractivity contribution >= 4 is 58.8 Å². The Morgan fingerprint density at radius 1 is 0.630 bits per heavy atom. The molecule has 1 saturated heterocycles. The van der Waals surface area contributed by atoms with Crippen LogP contribution in [-0.4, -0.2) is 78.9 Å². The standard InChI is InChI=1S/C30H34N10O6/c1-5-6-31-26(42)25-12-21(16-40(25)17-41)34-29(45)23-10-19(14-37(23)3)32-27(43)22-9-18(13-36(22)2)33-28(44)24-11-20(15-38(24)4)35-30(46)39-7-8-39/h9-17H,5-8H2,1-4H3,(H,31,42)(H,32,43)(H,33,44)(H,34,45)(H,35,46). The van der Waals surface area contributed by atoms with E-state index in [0.29, 0.717) is 48.8 Å². The number of carbonyl (C=O) groups is 6. The van der Waals surface area contributed by atoms with Crippen LogP contribution in [0.2, 0.25) is 0 Å². The van der Waals surface area contributed by atoms with Crippen molar-refractivity contribution < 1.29 is 28.8 Å². The number of rotatable bonds is 11. The van der Waals surface area contributed by atoms with Crippen molar-refractivity contribution in [3.8, 4) is 0 Å². The molecule has 5 heterocycles. The molecule has 1 fully saturated rings. The Labute approximate surface area is 263 Å². The maximum atomic E-state index is 13.1. The molecular weight excluding hydrogens is 596 g/mol. The van der Waals surface area contributed by atoms with Gasteiger partial charge in [-0.1, -0.05) is 6.92 Å². The fourth-order valence-electron chi connectivity index (χ4n) is 4.76. The third-order valence-electron chi connectivity index (χ3n) is 7.20. The van der Waals surface area contributed by atoms with Gasteiger partial charge in [-0.15, -0.1) is 0 Å². The van der Waals surface area contributed by atoms with Gasteiger partial charge in [0.25, 0.3) is 23.6 Å². The zero-order valence-corrected chi connectivity index (χ0v) is 25.7. The molecule has 0 radical (unpaired) electrons. The number of amides is 6. The first-order valence-corrected chi connectivity index (χ1v) is 14.4. The molecule has 6 amide bonds. The summed E-state index contributed by atoms with van der Waals surface area (Å²) in [7, 11) is 4.97. The zero-order valence-electron chi connectivity index (χ0n) is 25.7. The van der Waals surface area contributed by atoms with Gasteiger partial charge in [0.1, 0.15) is 22.8 Å². The van der Waals surface area contributed by atoms with Crippen molar-refractivity contribution in [1.29, 1.82) is 0 Å². The minimum absolute atomic E-state index is 0.0841. The molecular formula is C30H34N10O6. The normalized spacial score (nSPS) is 12.0. The monoisotopic (exact) mass is 630 g/mol. The molecule has 0 unspecified atom stereocenters. The predicted octanol–water partition coefficient (Wildman–Crippen LogP) is 2.29. The molecule has 0 saturated carbocycles. The van der Waals surface area contributed by atoms with Gasteiger partial charge in [-0.2, -0.15) is 0 Å². The van der Waals surface area contributed by atoms with Crippen LogP contribution in [0.5, 0.6) is 0 Å². The summed E-state index contributed by atoms with van der Waals surface area (Å²) >= 11 is 0. The van der Waals surface area contributed by atoms with Crippen LogP contribution in [0.1, 0.15) is 55.3 Å². The van der Waals surface area contributed by atoms with Gasteiger partial charge in [0.2, 0.25) is 6.41 Å². The molecule has 0 atom stereocenters. The van der Waals surface area contributed by atoms with Crippen LogP contribution in [0.4, 0.5) is 27.5 Å². The van der Waals surface area contributed by atoms with Gasteiger partial charge < -0.3 is 45.2 Å². The number of carbonyl (C=O) groups excluding carboxylic acids is 6. The summed E-state index contributed by atoms with van der Waals surface area (Å²) in [6.07, 6.45) is 7.32. The molecule has 16 heteroatoms. The number of aromatic nitrogens is 4. The van der Waals surface area contributed by atoms with E-state index < -0.39 is 23.6 Å². The van der Waals surface area contributed by atoms with E-state index in [2.05, 4.69) is 26.6 Å². The van der Waals surface area contributed by atoms with E-state index in [-0.39, 0.29) is 28.8 Å². The average Bonchev–Trinajstić information content (AvgIpc) is 3.31. The van der Waals surface area contributed by atoms with Crippen molar-refractivity contribution in [1.82, 2.24) is 28.5 Å². The lowest BCUT2D eigenvalue weighted by molar-refractivity contribution is 0.0945. The summed E-state index contributed by atoms with van der Waals surface area (Å²) in [5.41, 5.74) is 2.31. The Hall–Kier alpha value is -6.06. The van der Waals surface area contributed by atoms with Crippen molar-refractivity contribution in [2.75, 3.05) is 40.9 Å². The van der Waals surface area contributed by atoms with Crippen molar-refractivity contribution in [2.24, 2.45) is 21.1 Å². The van der Waals surface area contributed by atoms with Crippen LogP contribution in [0.25, 0.3) is 0 Å². The Morgan fingerprint density at radius 2 is 1.04 bits per heavy atom. The zero-order chi connectivity index (χ0) is 33.1. The van der Waals surface area contributed by atoms with Gasteiger partial charge in [0.05, 0.1) is 22.7 Å². The van der Waals surface area contributed by atoms with E-state index in [1.807, 2.05) is 6.92 Å². The lowest BCUT2D eigenvalue weighted by Gasteiger charge is -2.03. The highest BCUT2D eigenvalue weighted by Gasteiger charge is 2.25. The first kappa shape index (κ1) is 31.4. The van der Waals surface area contributed by atoms with Crippen LogP contribution in [0.3, 0.4) is 0 Å². The van der Waals surface area contributed by atoms with Gasteiger partial charge in [-0.05, 0) is 30.7 Å². The summed E-state index contributed by atoms with van der Waals surface area (Å²) in [6, 6.07) is 5.74. The third-order valence-corrected chi connectivity index (χ3v) is 7.20. The highest BCUT2D eigenvalue weighted by molar-refractivity contribution is 6.09. The molecule has 0 spiro atoms. The van der Waals surface area contributed by atoms with E-state index in [9.17, 15) is 28.8 Å². The Morgan fingerprint density at radius 3 is 1.46 bits per heavy atom. The molecule has 16 nitrogen and oxygen atoms in total. The van der Waals surface area contributed by atoms with Crippen molar-refractivity contribution in [3.63, 3.8) is 0 Å². The van der Waals surface area contributed by atoms with E-state index in [0.717, 1.165) is 11.0 Å². The van der Waals surface area contributed by atoms with E-state index >= 15 is 0 Å². The highest BCUT2D eigenvalue weighted by Crippen LogP contribution is 2.21. The fraction of sp³-hybridized carbons (Fsp3) is 0.267. The number of aryl methyl sites for hydroxylation is 3. The molecule has 0 bridgehead atoms. The maximum Gasteiger partial charge on any atom is 0.322 e. The van der Waals surface area contributed by atoms with Crippen molar-refractivity contribution in [2.45, 2.75) is 13.3 Å². The third kappa shape index (κ3) is 6.85. The van der Waals surface area contributed by atoms with Crippen LogP contribution < -0.4 is 26.6 Å². The van der Waals surface area contributed by atoms with E-state index in [4.69, 9.17) is 0 Å². The fourth-order valence-corrected chi connectivity index (χ4v) is 4.76. The van der Waals surface area contributed by atoms with Crippen molar-refractivity contribution in [3.05, 3.63) is 71.8 Å². The Bertz CT molecular complexity index is 1850. The molecule has 1 aliphatic heterocycles.